The molecule has 1 aromatic heterocycles. The molecule has 0 aliphatic heterocycles. The van der Waals surface area contributed by atoms with Gasteiger partial charge in [0.25, 0.3) is 0 Å². The molecule has 0 bridgehead atoms. The van der Waals surface area contributed by atoms with Crippen LogP contribution >= 0.6 is 11.6 Å². The Morgan fingerprint density at radius 2 is 2.08 bits per heavy atom. The van der Waals surface area contributed by atoms with Crippen LogP contribution in [-0.4, -0.2) is 24.3 Å². The lowest BCUT2D eigenvalue weighted by molar-refractivity contribution is 1.03. The summed E-state index contributed by atoms with van der Waals surface area (Å²) in [4.78, 5) is 2.12. The quantitative estimate of drug-likeness (QED) is 0.563. The van der Waals surface area contributed by atoms with Crippen molar-refractivity contribution in [2.24, 2.45) is 0 Å². The van der Waals surface area contributed by atoms with Gasteiger partial charge in [0.1, 0.15) is 0 Å². The summed E-state index contributed by atoms with van der Waals surface area (Å²) in [6, 6.07) is 12.6. The molecule has 5 heteroatoms. The molecule has 2 aromatic carbocycles. The molecule has 0 amide bonds. The number of H-pyrrole nitrogens is 1. The zero-order chi connectivity index (χ0) is 17.6. The number of aromatic nitrogens is 2. The van der Waals surface area contributed by atoms with Crippen LogP contribution in [0.1, 0.15) is 22.3 Å². The molecule has 4 nitrogen and oxygen atoms in total. The number of benzene rings is 2. The molecule has 0 fully saturated rings. The Kier molecular flexibility index (Phi) is 3.92. The number of aryl methyl sites for hydroxylation is 1. The molecule has 1 aliphatic rings. The van der Waals surface area contributed by atoms with Gasteiger partial charge < -0.3 is 10.2 Å². The van der Waals surface area contributed by atoms with Crippen molar-refractivity contribution in [3.63, 3.8) is 0 Å². The predicted octanol–water partition coefficient (Wildman–Crippen LogP) is 4.62. The van der Waals surface area contributed by atoms with Crippen LogP contribution in [-0.2, 0) is 13.0 Å². The maximum atomic E-state index is 6.33. The third-order valence-corrected chi connectivity index (χ3v) is 5.25. The maximum absolute atomic E-state index is 6.33. The molecular formula is C20H21ClN4. The van der Waals surface area contributed by atoms with E-state index in [9.17, 15) is 0 Å². The molecule has 0 radical (unpaired) electrons. The molecular weight excluding hydrogens is 332 g/mol. The summed E-state index contributed by atoms with van der Waals surface area (Å²) in [5.41, 5.74) is 8.44. The van der Waals surface area contributed by atoms with E-state index in [0.29, 0.717) is 6.54 Å². The van der Waals surface area contributed by atoms with E-state index in [0.717, 1.165) is 28.5 Å². The summed E-state index contributed by atoms with van der Waals surface area (Å²) in [7, 11) is 4.12. The Balaban J connectivity index is 1.61. The molecule has 0 saturated carbocycles. The van der Waals surface area contributed by atoms with Crippen LogP contribution in [0.25, 0.3) is 11.3 Å². The minimum absolute atomic E-state index is 0.669. The Bertz CT molecular complexity index is 923. The van der Waals surface area contributed by atoms with Gasteiger partial charge in [0.05, 0.1) is 5.69 Å². The molecule has 0 saturated heterocycles. The van der Waals surface area contributed by atoms with Crippen molar-refractivity contribution in [3.8, 4) is 11.3 Å². The lowest BCUT2D eigenvalue weighted by Gasteiger charge is -2.13. The van der Waals surface area contributed by atoms with Crippen molar-refractivity contribution >= 4 is 23.1 Å². The van der Waals surface area contributed by atoms with Crippen LogP contribution in [0.2, 0.25) is 5.02 Å². The number of fused-ring (bicyclic) bond motifs is 3. The summed E-state index contributed by atoms with van der Waals surface area (Å²) in [5.74, 6) is 0.914. The first-order chi connectivity index (χ1) is 12.0. The van der Waals surface area contributed by atoms with E-state index in [1.165, 1.54) is 27.9 Å². The van der Waals surface area contributed by atoms with Gasteiger partial charge >= 0.3 is 0 Å². The number of anilines is 2. The molecule has 2 N–H and O–H groups in total. The molecule has 128 valence electrons. The van der Waals surface area contributed by atoms with E-state index >= 15 is 0 Å². The van der Waals surface area contributed by atoms with E-state index in [2.05, 4.69) is 65.7 Å². The van der Waals surface area contributed by atoms with Gasteiger partial charge in [-0.05, 0) is 41.8 Å². The van der Waals surface area contributed by atoms with Crippen molar-refractivity contribution in [1.82, 2.24) is 10.2 Å². The van der Waals surface area contributed by atoms with Crippen LogP contribution in [0.15, 0.2) is 36.4 Å². The first kappa shape index (κ1) is 16.0. The first-order valence-corrected chi connectivity index (χ1v) is 8.78. The highest BCUT2D eigenvalue weighted by atomic mass is 35.5. The Labute approximate surface area is 152 Å². The van der Waals surface area contributed by atoms with E-state index < -0.39 is 0 Å². The second-order valence-electron chi connectivity index (χ2n) is 6.73. The lowest BCUT2D eigenvalue weighted by Crippen LogP contribution is -2.08. The second kappa shape index (κ2) is 6.12. The number of nitrogens with zero attached hydrogens (tertiary/aromatic N) is 2. The molecule has 4 rings (SSSR count). The van der Waals surface area contributed by atoms with Crippen molar-refractivity contribution in [3.05, 3.63) is 63.7 Å². The minimum Gasteiger partial charge on any atom is -0.378 e. The average Bonchev–Trinajstić information content (AvgIpc) is 3.13. The topological polar surface area (TPSA) is 44.0 Å². The largest absolute Gasteiger partial charge is 0.378 e. The van der Waals surface area contributed by atoms with Crippen LogP contribution in [0.5, 0.6) is 0 Å². The second-order valence-corrected chi connectivity index (χ2v) is 7.13. The molecule has 0 unspecified atom stereocenters. The van der Waals surface area contributed by atoms with E-state index in [1.807, 2.05) is 12.1 Å². The predicted molar refractivity (Wildman–Crippen MR) is 105 cm³/mol. The monoisotopic (exact) mass is 352 g/mol. The van der Waals surface area contributed by atoms with E-state index in [4.69, 9.17) is 11.6 Å². The van der Waals surface area contributed by atoms with Gasteiger partial charge in [-0.1, -0.05) is 29.8 Å². The fraction of sp³-hybridized carbons (Fsp3) is 0.250. The van der Waals surface area contributed by atoms with Crippen molar-refractivity contribution in [2.75, 3.05) is 24.3 Å². The molecule has 0 atom stereocenters. The van der Waals surface area contributed by atoms with Crippen molar-refractivity contribution < 1.29 is 0 Å². The summed E-state index contributed by atoms with van der Waals surface area (Å²) in [6.45, 7) is 2.75. The van der Waals surface area contributed by atoms with Gasteiger partial charge in [-0.3, -0.25) is 5.10 Å². The number of aromatic amines is 1. The number of hydrogen-bond acceptors (Lipinski definition) is 3. The fourth-order valence-electron chi connectivity index (χ4n) is 3.39. The highest BCUT2D eigenvalue weighted by Crippen LogP contribution is 2.40. The van der Waals surface area contributed by atoms with Crippen LogP contribution in [0.3, 0.4) is 0 Å². The summed E-state index contributed by atoms with van der Waals surface area (Å²) < 4.78 is 0. The van der Waals surface area contributed by atoms with Crippen LogP contribution < -0.4 is 10.2 Å². The number of hydrogen-bond donors (Lipinski definition) is 2. The number of halogens is 1. The molecule has 1 aliphatic carbocycles. The Morgan fingerprint density at radius 3 is 2.84 bits per heavy atom. The highest BCUT2D eigenvalue weighted by molar-refractivity contribution is 6.31. The van der Waals surface area contributed by atoms with Crippen LogP contribution in [0, 0.1) is 6.92 Å². The lowest BCUT2D eigenvalue weighted by atomic mass is 10.1. The first-order valence-electron chi connectivity index (χ1n) is 8.40. The number of rotatable bonds is 4. The van der Waals surface area contributed by atoms with Gasteiger partial charge in [0, 0.05) is 48.9 Å². The fourth-order valence-corrected chi connectivity index (χ4v) is 3.68. The third kappa shape index (κ3) is 2.76. The zero-order valence-corrected chi connectivity index (χ0v) is 15.4. The Morgan fingerprint density at radius 1 is 1.24 bits per heavy atom. The van der Waals surface area contributed by atoms with Crippen molar-refractivity contribution in [2.45, 2.75) is 19.9 Å². The molecule has 0 spiro atoms. The maximum Gasteiger partial charge on any atom is 0.152 e. The summed E-state index contributed by atoms with van der Waals surface area (Å²) >= 11 is 6.33. The van der Waals surface area contributed by atoms with Gasteiger partial charge in [0.2, 0.25) is 0 Å². The van der Waals surface area contributed by atoms with Gasteiger partial charge in [-0.2, -0.15) is 5.10 Å². The van der Waals surface area contributed by atoms with Gasteiger partial charge in [-0.25, -0.2) is 0 Å². The third-order valence-electron chi connectivity index (χ3n) is 4.90. The van der Waals surface area contributed by atoms with Gasteiger partial charge in [0.15, 0.2) is 5.82 Å². The van der Waals surface area contributed by atoms with Crippen molar-refractivity contribution in [1.29, 1.82) is 0 Å². The molecule has 1 heterocycles. The SMILES string of the molecule is Cc1cccc(Cl)c1CNc1n[nH]c2c1Cc1ccc(N(C)C)cc1-2. The summed E-state index contributed by atoms with van der Waals surface area (Å²) in [6.07, 6.45) is 0.902. The van der Waals surface area contributed by atoms with Crippen LogP contribution in [0.4, 0.5) is 11.5 Å². The molecule has 3 aromatic rings. The molecule has 25 heavy (non-hydrogen) atoms. The zero-order valence-electron chi connectivity index (χ0n) is 14.7. The standard InChI is InChI=1S/C20H21ClN4/c1-12-5-4-6-18(21)17(12)11-22-20-16-9-13-7-8-14(25(2)3)10-15(13)19(16)23-24-20/h4-8,10H,9,11H2,1-3H3,(H2,22,23,24). The van der Waals surface area contributed by atoms with E-state index in [1.54, 1.807) is 0 Å². The summed E-state index contributed by atoms with van der Waals surface area (Å²) in [5, 5.41) is 12.0. The van der Waals surface area contributed by atoms with E-state index in [-0.39, 0.29) is 0 Å². The Hall–Kier alpha value is -2.46. The minimum atomic E-state index is 0.669. The average molecular weight is 353 g/mol. The van der Waals surface area contributed by atoms with Gasteiger partial charge in [-0.15, -0.1) is 0 Å². The normalized spacial score (nSPS) is 12.0. The smallest absolute Gasteiger partial charge is 0.152 e. The highest BCUT2D eigenvalue weighted by Gasteiger charge is 2.25. The number of nitrogens with one attached hydrogen (secondary N) is 2.